The molecule has 0 unspecified atom stereocenters. The number of aromatic nitrogens is 4. The zero-order valence-corrected chi connectivity index (χ0v) is 19.9. The Hall–Kier alpha value is -2.51. The van der Waals surface area contributed by atoms with Gasteiger partial charge in [0, 0.05) is 29.7 Å². The molecule has 1 aromatic carbocycles. The van der Waals surface area contributed by atoms with E-state index >= 15 is 0 Å². The van der Waals surface area contributed by atoms with Gasteiger partial charge in [0.2, 0.25) is 0 Å². The predicted octanol–water partition coefficient (Wildman–Crippen LogP) is 5.06. The number of fused-ring (bicyclic) bond motifs is 2. The fraction of sp³-hybridized carbons (Fsp3) is 0.458. The Bertz CT molecular complexity index is 1250. The summed E-state index contributed by atoms with van der Waals surface area (Å²) in [5.41, 5.74) is 5.15. The van der Waals surface area contributed by atoms with Gasteiger partial charge in [0.05, 0.1) is 27.8 Å². The molecule has 0 aliphatic carbocycles. The van der Waals surface area contributed by atoms with Gasteiger partial charge >= 0.3 is 0 Å². The largest absolute Gasteiger partial charge is 0.348 e. The molecule has 0 atom stereocenters. The van der Waals surface area contributed by atoms with Crippen LogP contribution in [0.15, 0.2) is 36.5 Å². The van der Waals surface area contributed by atoms with Crippen LogP contribution in [0.25, 0.3) is 27.1 Å². The lowest BCUT2D eigenvalue weighted by Crippen LogP contribution is -2.61. The number of piperidine rings is 1. The van der Waals surface area contributed by atoms with E-state index in [2.05, 4.69) is 68.1 Å². The molecule has 1 aliphatic rings. The first-order chi connectivity index (χ1) is 14.6. The van der Waals surface area contributed by atoms with E-state index in [-0.39, 0.29) is 11.1 Å². The fourth-order valence-corrected chi connectivity index (χ4v) is 6.11. The number of hydrogen-bond acceptors (Lipinski definition) is 6. The highest BCUT2D eigenvalue weighted by molar-refractivity contribution is 7.22. The van der Waals surface area contributed by atoms with Gasteiger partial charge in [-0.15, -0.1) is 0 Å². The third kappa shape index (κ3) is 3.92. The molecule has 3 aromatic heterocycles. The molecule has 0 spiro atoms. The van der Waals surface area contributed by atoms with E-state index in [1.54, 1.807) is 11.3 Å². The molecule has 31 heavy (non-hydrogen) atoms. The van der Waals surface area contributed by atoms with Crippen molar-refractivity contribution in [2.75, 3.05) is 11.9 Å². The first kappa shape index (κ1) is 20.4. The van der Waals surface area contributed by atoms with Crippen LogP contribution in [0.2, 0.25) is 0 Å². The van der Waals surface area contributed by atoms with Gasteiger partial charge in [-0.2, -0.15) is 5.10 Å². The maximum atomic E-state index is 4.96. The highest BCUT2D eigenvalue weighted by Gasteiger charge is 2.39. The van der Waals surface area contributed by atoms with Crippen LogP contribution in [-0.2, 0) is 0 Å². The van der Waals surface area contributed by atoms with Gasteiger partial charge in [-0.1, -0.05) is 17.4 Å². The Morgan fingerprint density at radius 3 is 2.55 bits per heavy atom. The summed E-state index contributed by atoms with van der Waals surface area (Å²) < 4.78 is 3.04. The number of thiazole rings is 1. The van der Waals surface area contributed by atoms with E-state index in [9.17, 15) is 0 Å². The van der Waals surface area contributed by atoms with Crippen molar-refractivity contribution in [3.8, 4) is 11.3 Å². The Kier molecular flexibility index (Phi) is 4.61. The lowest BCUT2D eigenvalue weighted by atomic mass is 9.79. The van der Waals surface area contributed by atoms with Crippen LogP contribution in [0.3, 0.4) is 0 Å². The van der Waals surface area contributed by atoms with Crippen molar-refractivity contribution in [1.82, 2.24) is 24.9 Å². The minimum Gasteiger partial charge on any atom is -0.348 e. The smallest absolute Gasteiger partial charge is 0.186 e. The average Bonchev–Trinajstić information content (AvgIpc) is 3.25. The van der Waals surface area contributed by atoms with Gasteiger partial charge in [-0.25, -0.2) is 14.5 Å². The summed E-state index contributed by atoms with van der Waals surface area (Å²) >= 11 is 1.76. The molecule has 162 valence electrons. The molecule has 1 saturated heterocycles. The molecule has 0 saturated carbocycles. The van der Waals surface area contributed by atoms with Gasteiger partial charge in [-0.3, -0.25) is 0 Å². The van der Waals surface area contributed by atoms with Gasteiger partial charge in [0.15, 0.2) is 10.8 Å². The van der Waals surface area contributed by atoms with Crippen LogP contribution in [0, 0.1) is 6.92 Å². The quantitative estimate of drug-likeness (QED) is 0.488. The summed E-state index contributed by atoms with van der Waals surface area (Å²) in [6.45, 7) is 11.2. The SMILES string of the molecule is Cc1cn2nc(-c3ccc4nc(N(C)C5CC(C)(C)NC(C)(C)C5)sc4c3)ccc2n1. The van der Waals surface area contributed by atoms with E-state index in [0.717, 1.165) is 46.1 Å². The first-order valence-corrected chi connectivity index (χ1v) is 11.7. The number of hydrogen-bond donors (Lipinski definition) is 1. The third-order valence-electron chi connectivity index (χ3n) is 6.13. The Morgan fingerprint density at radius 2 is 1.81 bits per heavy atom. The average molecular weight is 435 g/mol. The zero-order valence-electron chi connectivity index (χ0n) is 19.1. The fourth-order valence-electron chi connectivity index (χ4n) is 5.08. The molecule has 1 N–H and O–H groups in total. The monoisotopic (exact) mass is 434 g/mol. The normalized spacial score (nSPS) is 18.6. The number of nitrogens with one attached hydrogen (secondary N) is 1. The Morgan fingerprint density at radius 1 is 1.06 bits per heavy atom. The summed E-state index contributed by atoms with van der Waals surface area (Å²) in [4.78, 5) is 11.8. The predicted molar refractivity (Wildman–Crippen MR) is 129 cm³/mol. The molecule has 5 rings (SSSR count). The van der Waals surface area contributed by atoms with Crippen LogP contribution in [0.1, 0.15) is 46.2 Å². The first-order valence-electron chi connectivity index (χ1n) is 10.8. The molecular weight excluding hydrogens is 404 g/mol. The van der Waals surface area contributed by atoms with Crippen molar-refractivity contribution in [3.63, 3.8) is 0 Å². The second-order valence-electron chi connectivity index (χ2n) is 10.1. The highest BCUT2D eigenvalue weighted by Crippen LogP contribution is 2.37. The van der Waals surface area contributed by atoms with Crippen molar-refractivity contribution in [1.29, 1.82) is 0 Å². The maximum Gasteiger partial charge on any atom is 0.186 e. The molecule has 0 radical (unpaired) electrons. The van der Waals surface area contributed by atoms with Crippen LogP contribution < -0.4 is 10.2 Å². The van der Waals surface area contributed by atoms with Crippen molar-refractivity contribution in [3.05, 3.63) is 42.2 Å². The van der Waals surface area contributed by atoms with E-state index < -0.39 is 0 Å². The molecule has 6 nitrogen and oxygen atoms in total. The van der Waals surface area contributed by atoms with E-state index in [1.165, 1.54) is 4.70 Å². The van der Waals surface area contributed by atoms with Crippen LogP contribution in [0.5, 0.6) is 0 Å². The minimum atomic E-state index is 0.112. The maximum absolute atomic E-state index is 4.96. The zero-order chi connectivity index (χ0) is 22.0. The summed E-state index contributed by atoms with van der Waals surface area (Å²) in [7, 11) is 2.19. The highest BCUT2D eigenvalue weighted by atomic mass is 32.1. The lowest BCUT2D eigenvalue weighted by molar-refractivity contribution is 0.161. The second kappa shape index (κ2) is 7.00. The molecular formula is C24H30N6S. The van der Waals surface area contributed by atoms with Gasteiger partial charge in [0.1, 0.15) is 0 Å². The molecule has 0 bridgehead atoms. The Balaban J connectivity index is 1.46. The third-order valence-corrected chi connectivity index (χ3v) is 7.24. The summed E-state index contributed by atoms with van der Waals surface area (Å²) in [5, 5.41) is 9.60. The molecule has 7 heteroatoms. The van der Waals surface area contributed by atoms with E-state index in [0.29, 0.717) is 6.04 Å². The molecule has 1 fully saturated rings. The van der Waals surface area contributed by atoms with Crippen molar-refractivity contribution < 1.29 is 0 Å². The number of rotatable bonds is 3. The summed E-state index contributed by atoms with van der Waals surface area (Å²) in [5.74, 6) is 0. The summed E-state index contributed by atoms with van der Waals surface area (Å²) in [6, 6.07) is 10.9. The van der Waals surface area contributed by atoms with E-state index in [1.807, 2.05) is 29.8 Å². The number of aryl methyl sites for hydroxylation is 1. The number of anilines is 1. The van der Waals surface area contributed by atoms with Crippen LogP contribution in [0.4, 0.5) is 5.13 Å². The van der Waals surface area contributed by atoms with Gasteiger partial charge in [-0.05, 0) is 71.7 Å². The van der Waals surface area contributed by atoms with Crippen LogP contribution >= 0.6 is 11.3 Å². The van der Waals surface area contributed by atoms with Crippen molar-refractivity contribution >= 4 is 32.3 Å². The minimum absolute atomic E-state index is 0.112. The standard InChI is InChI=1S/C24H30N6S/c1-15-14-30-21(25-15)10-9-18(27-30)16-7-8-19-20(11-16)31-22(26-19)29(6)17-12-23(2,3)28-24(4,5)13-17/h7-11,14,17,28H,12-13H2,1-6H3. The molecule has 0 amide bonds. The van der Waals surface area contributed by atoms with E-state index in [4.69, 9.17) is 10.1 Å². The number of benzene rings is 1. The molecule has 4 heterocycles. The Labute approximate surface area is 187 Å². The number of nitrogens with zero attached hydrogens (tertiary/aromatic N) is 5. The lowest BCUT2D eigenvalue weighted by Gasteiger charge is -2.48. The van der Waals surface area contributed by atoms with Gasteiger partial charge < -0.3 is 10.2 Å². The summed E-state index contributed by atoms with van der Waals surface area (Å²) in [6.07, 6.45) is 4.16. The van der Waals surface area contributed by atoms with Crippen LogP contribution in [-0.4, -0.2) is 43.7 Å². The topological polar surface area (TPSA) is 58.4 Å². The number of imidazole rings is 1. The molecule has 4 aromatic rings. The van der Waals surface area contributed by atoms with Crippen molar-refractivity contribution in [2.24, 2.45) is 0 Å². The second-order valence-corrected chi connectivity index (χ2v) is 11.2. The van der Waals surface area contributed by atoms with Crippen molar-refractivity contribution in [2.45, 2.75) is 64.6 Å². The molecule has 1 aliphatic heterocycles. The van der Waals surface area contributed by atoms with Gasteiger partial charge in [0.25, 0.3) is 0 Å².